The van der Waals surface area contributed by atoms with Crippen LogP contribution in [0.3, 0.4) is 0 Å². The van der Waals surface area contributed by atoms with Gasteiger partial charge in [-0.2, -0.15) is 0 Å². The van der Waals surface area contributed by atoms with Gasteiger partial charge in [-0.05, 0) is 93.9 Å². The molecule has 7 atom stereocenters. The van der Waals surface area contributed by atoms with Crippen molar-refractivity contribution in [2.45, 2.75) is 96.4 Å². The molecule has 4 heteroatoms. The highest BCUT2D eigenvalue weighted by Gasteiger charge is 2.50. The molecule has 0 radical (unpaired) electrons. The van der Waals surface area contributed by atoms with E-state index in [1.165, 1.54) is 44.1 Å². The molecule has 0 aromatic carbocycles. The third kappa shape index (κ3) is 4.86. The van der Waals surface area contributed by atoms with E-state index in [9.17, 15) is 14.6 Å². The normalized spacial score (nSPS) is 42.5. The van der Waals surface area contributed by atoms with Crippen LogP contribution in [0.5, 0.6) is 0 Å². The van der Waals surface area contributed by atoms with Gasteiger partial charge in [0.15, 0.2) is 0 Å². The summed E-state index contributed by atoms with van der Waals surface area (Å²) in [5.41, 5.74) is 3.18. The van der Waals surface area contributed by atoms with Gasteiger partial charge in [0.25, 0.3) is 0 Å². The highest BCUT2D eigenvalue weighted by atomic mass is 19.1. The fourth-order valence-corrected chi connectivity index (χ4v) is 7.32. The Morgan fingerprint density at radius 3 is 2.63 bits per heavy atom. The molecule has 4 fully saturated rings. The van der Waals surface area contributed by atoms with Gasteiger partial charge in [-0.15, -0.1) is 0 Å². The number of nitrogens with zero attached hydrogens (tertiary/aromatic N) is 1. The van der Waals surface area contributed by atoms with Crippen LogP contribution >= 0.6 is 0 Å². The fraction of sp³-hybridized carbons (Fsp3) is 0.846. The van der Waals surface area contributed by atoms with Gasteiger partial charge in [0.05, 0.1) is 12.2 Å². The lowest BCUT2D eigenvalue weighted by Crippen LogP contribution is -2.37. The molecule has 4 aliphatic rings. The molecule has 1 heterocycles. The predicted octanol–water partition coefficient (Wildman–Crippen LogP) is 5.03. The smallest absolute Gasteiger partial charge is 0.114 e. The number of rotatable bonds is 5. The number of aliphatic hydroxyl groups is 2. The highest BCUT2D eigenvalue weighted by molar-refractivity contribution is 5.26. The molecule has 0 bridgehead atoms. The van der Waals surface area contributed by atoms with Crippen LogP contribution in [0.1, 0.15) is 78.1 Å². The Morgan fingerprint density at radius 2 is 1.93 bits per heavy atom. The van der Waals surface area contributed by atoms with Crippen LogP contribution in [-0.2, 0) is 0 Å². The van der Waals surface area contributed by atoms with Crippen molar-refractivity contribution in [3.05, 3.63) is 23.3 Å². The number of halogens is 1. The summed E-state index contributed by atoms with van der Waals surface area (Å²) >= 11 is 0. The van der Waals surface area contributed by atoms with Crippen LogP contribution in [0, 0.1) is 23.2 Å². The maximum Gasteiger partial charge on any atom is 0.114 e. The summed E-state index contributed by atoms with van der Waals surface area (Å²) in [6.07, 6.45) is 13.4. The minimum absolute atomic E-state index is 0.390. The first-order valence-corrected chi connectivity index (χ1v) is 12.5. The summed E-state index contributed by atoms with van der Waals surface area (Å²) in [4.78, 5) is 2.32. The minimum atomic E-state index is -0.611. The van der Waals surface area contributed by atoms with Crippen molar-refractivity contribution in [3.63, 3.8) is 0 Å². The molecule has 2 N–H and O–H groups in total. The Kier molecular flexibility index (Phi) is 7.06. The van der Waals surface area contributed by atoms with Gasteiger partial charge in [-0.3, -0.25) is 0 Å². The predicted molar refractivity (Wildman–Crippen MR) is 120 cm³/mol. The van der Waals surface area contributed by atoms with E-state index < -0.39 is 18.4 Å². The monoisotopic (exact) mass is 419 g/mol. The van der Waals surface area contributed by atoms with E-state index in [0.29, 0.717) is 43.1 Å². The Labute approximate surface area is 182 Å². The van der Waals surface area contributed by atoms with E-state index in [1.807, 2.05) is 0 Å². The second-order valence-electron chi connectivity index (χ2n) is 11.1. The minimum Gasteiger partial charge on any atom is -0.393 e. The second-order valence-corrected chi connectivity index (χ2v) is 11.1. The molecule has 1 aliphatic heterocycles. The van der Waals surface area contributed by atoms with Gasteiger partial charge in [-0.25, -0.2) is 4.39 Å². The molecular formula is C26H42FNO2. The summed E-state index contributed by atoms with van der Waals surface area (Å²) < 4.78 is 13.5. The average Bonchev–Trinajstić information content (AvgIpc) is 3.26. The summed E-state index contributed by atoms with van der Waals surface area (Å²) in [7, 11) is 0. The third-order valence-electron chi connectivity index (χ3n) is 8.91. The van der Waals surface area contributed by atoms with Crippen molar-refractivity contribution in [2.24, 2.45) is 23.2 Å². The number of alkyl halides is 1. The van der Waals surface area contributed by atoms with Crippen molar-refractivity contribution >= 4 is 0 Å². The number of fused-ring (bicyclic) bond motifs is 1. The maximum atomic E-state index is 13.5. The van der Waals surface area contributed by atoms with E-state index in [2.05, 4.69) is 30.9 Å². The number of likely N-dealkylation sites (tertiary alicyclic amines) is 1. The summed E-state index contributed by atoms with van der Waals surface area (Å²) in [6, 6.07) is 0. The van der Waals surface area contributed by atoms with Gasteiger partial charge in [0, 0.05) is 13.1 Å². The van der Waals surface area contributed by atoms with E-state index in [1.54, 1.807) is 5.57 Å². The number of aliphatic hydroxyl groups excluding tert-OH is 2. The van der Waals surface area contributed by atoms with Crippen LogP contribution in [0.4, 0.5) is 4.39 Å². The lowest BCUT2D eigenvalue weighted by Gasteiger charge is -2.44. The van der Waals surface area contributed by atoms with Gasteiger partial charge in [0.2, 0.25) is 0 Å². The molecule has 0 aromatic heterocycles. The number of hydrogen-bond donors (Lipinski definition) is 2. The zero-order chi connectivity index (χ0) is 21.3. The van der Waals surface area contributed by atoms with Crippen molar-refractivity contribution < 1.29 is 14.6 Å². The zero-order valence-electron chi connectivity index (χ0n) is 19.0. The molecule has 170 valence electrons. The standard InChI is InChI=1S/C26H42FNO2/c1-18(9-12-28-13-10-21(27)17-28)24-7-8-25-20(4-3-11-26(24,25)2)6-5-19-14-22(29)16-23(30)15-19/h5-6,18,21-25,29-30H,3-4,7-17H2,1-2H3/b20-6+/t18?,21-,22-,23-,24-,25+,26-/m1/s1. The largest absolute Gasteiger partial charge is 0.393 e. The highest BCUT2D eigenvalue weighted by Crippen LogP contribution is 2.59. The molecule has 3 aliphatic carbocycles. The first-order chi connectivity index (χ1) is 14.3. The molecule has 1 unspecified atom stereocenters. The Bertz CT molecular complexity index is 649. The summed E-state index contributed by atoms with van der Waals surface area (Å²) in [6.45, 7) is 7.60. The van der Waals surface area contributed by atoms with Crippen molar-refractivity contribution in [1.82, 2.24) is 4.90 Å². The maximum absolute atomic E-state index is 13.5. The molecule has 3 saturated carbocycles. The van der Waals surface area contributed by atoms with Crippen molar-refractivity contribution in [2.75, 3.05) is 19.6 Å². The molecule has 3 nitrogen and oxygen atoms in total. The fourth-order valence-electron chi connectivity index (χ4n) is 7.32. The van der Waals surface area contributed by atoms with Crippen LogP contribution in [0.2, 0.25) is 0 Å². The molecule has 30 heavy (non-hydrogen) atoms. The van der Waals surface area contributed by atoms with E-state index in [-0.39, 0.29) is 0 Å². The van der Waals surface area contributed by atoms with Crippen LogP contribution in [0.15, 0.2) is 23.3 Å². The quantitative estimate of drug-likeness (QED) is 0.657. The molecular weight excluding hydrogens is 377 g/mol. The lowest BCUT2D eigenvalue weighted by atomic mass is 9.61. The number of hydrogen-bond acceptors (Lipinski definition) is 3. The van der Waals surface area contributed by atoms with E-state index in [4.69, 9.17) is 0 Å². The topological polar surface area (TPSA) is 43.7 Å². The average molecular weight is 420 g/mol. The van der Waals surface area contributed by atoms with Gasteiger partial charge in [-0.1, -0.05) is 37.1 Å². The number of allylic oxidation sites excluding steroid dienone is 3. The van der Waals surface area contributed by atoms with Gasteiger partial charge in [0.1, 0.15) is 6.17 Å². The zero-order valence-corrected chi connectivity index (χ0v) is 19.0. The van der Waals surface area contributed by atoms with Gasteiger partial charge >= 0.3 is 0 Å². The lowest BCUT2D eigenvalue weighted by molar-refractivity contribution is 0.0609. The Balaban J connectivity index is 1.40. The molecule has 1 saturated heterocycles. The molecule has 4 rings (SSSR count). The van der Waals surface area contributed by atoms with E-state index in [0.717, 1.165) is 25.4 Å². The summed E-state index contributed by atoms with van der Waals surface area (Å²) in [5, 5.41) is 19.9. The SMILES string of the molecule is CC(CCN1CC[C@@H](F)C1)[C@H]1CC[C@H]2/C(=C/C=C3C[C@@H](O)C[C@H](O)C3)CCC[C@]12C. The second kappa shape index (κ2) is 9.42. The van der Waals surface area contributed by atoms with Crippen LogP contribution in [0.25, 0.3) is 0 Å². The third-order valence-corrected chi connectivity index (χ3v) is 8.91. The van der Waals surface area contributed by atoms with Crippen molar-refractivity contribution in [1.29, 1.82) is 0 Å². The Hall–Kier alpha value is -0.710. The van der Waals surface area contributed by atoms with Crippen molar-refractivity contribution in [3.8, 4) is 0 Å². The molecule has 0 amide bonds. The molecule has 0 spiro atoms. The van der Waals surface area contributed by atoms with E-state index >= 15 is 0 Å². The Morgan fingerprint density at radius 1 is 1.17 bits per heavy atom. The van der Waals surface area contributed by atoms with Crippen LogP contribution < -0.4 is 0 Å². The van der Waals surface area contributed by atoms with Gasteiger partial charge < -0.3 is 15.1 Å². The van der Waals surface area contributed by atoms with Crippen LogP contribution in [-0.4, -0.2) is 53.1 Å². The first kappa shape index (κ1) is 22.5. The summed E-state index contributed by atoms with van der Waals surface area (Å²) in [5.74, 6) is 2.14. The molecule has 0 aromatic rings. The first-order valence-electron chi connectivity index (χ1n) is 12.5.